The molecular formula is C18H19F2N5O3S. The van der Waals surface area contributed by atoms with Gasteiger partial charge in [-0.15, -0.1) is 0 Å². The molecule has 154 valence electrons. The van der Waals surface area contributed by atoms with E-state index < -0.39 is 33.3 Å². The van der Waals surface area contributed by atoms with Crippen LogP contribution in [0.25, 0.3) is 11.0 Å². The largest absolute Gasteiger partial charge is 0.384 e. The number of hydrogen-bond acceptors (Lipinski definition) is 7. The first-order valence-corrected chi connectivity index (χ1v) is 10.4. The van der Waals surface area contributed by atoms with Crippen molar-refractivity contribution in [1.82, 2.24) is 15.0 Å². The highest BCUT2D eigenvalue weighted by Crippen LogP contribution is 2.36. The van der Waals surface area contributed by atoms with E-state index in [1.807, 2.05) is 0 Å². The van der Waals surface area contributed by atoms with Gasteiger partial charge in [-0.25, -0.2) is 27.2 Å². The minimum Gasteiger partial charge on any atom is -0.384 e. The average Bonchev–Trinajstić information content (AvgIpc) is 3.03. The molecule has 1 aliphatic rings. The predicted molar refractivity (Wildman–Crippen MR) is 103 cm³/mol. The Morgan fingerprint density at radius 2 is 2.10 bits per heavy atom. The highest BCUT2D eigenvalue weighted by Gasteiger charge is 2.32. The van der Waals surface area contributed by atoms with Gasteiger partial charge in [0.15, 0.2) is 5.82 Å². The number of nitrogens with two attached hydrogens (primary N) is 1. The van der Waals surface area contributed by atoms with Crippen LogP contribution in [0, 0.1) is 12.7 Å². The van der Waals surface area contributed by atoms with Crippen LogP contribution >= 0.6 is 0 Å². The number of ether oxygens (including phenoxy) is 1. The minimum absolute atomic E-state index is 0.0662. The topological polar surface area (TPSA) is 114 Å². The smallest absolute Gasteiger partial charge is 0.215 e. The molecule has 1 aliphatic heterocycles. The molecule has 29 heavy (non-hydrogen) atoms. The van der Waals surface area contributed by atoms with E-state index in [2.05, 4.69) is 15.0 Å². The zero-order chi connectivity index (χ0) is 20.8. The number of aryl methyl sites for hydroxylation is 1. The number of alkyl halides is 1. The second kappa shape index (κ2) is 7.23. The number of nitrogens with zero attached hydrogens (tertiary/aromatic N) is 3. The predicted octanol–water partition coefficient (Wildman–Crippen LogP) is 2.00. The molecule has 0 spiro atoms. The molecule has 4 rings (SSSR count). The van der Waals surface area contributed by atoms with Crippen LogP contribution in [0.15, 0.2) is 34.1 Å². The van der Waals surface area contributed by atoms with Crippen molar-refractivity contribution in [2.45, 2.75) is 22.8 Å². The van der Waals surface area contributed by atoms with E-state index in [9.17, 15) is 17.2 Å². The molecule has 0 amide bonds. The van der Waals surface area contributed by atoms with Crippen LogP contribution < -0.4 is 10.6 Å². The monoisotopic (exact) mass is 423 g/mol. The number of morpholine rings is 1. The third kappa shape index (κ3) is 3.29. The maximum absolute atomic E-state index is 14.2. The molecule has 0 radical (unpaired) electrons. The summed E-state index contributed by atoms with van der Waals surface area (Å²) >= 11 is 0. The fourth-order valence-corrected chi connectivity index (χ4v) is 4.98. The lowest BCUT2D eigenvalue weighted by Crippen LogP contribution is -2.44. The molecule has 0 bridgehead atoms. The van der Waals surface area contributed by atoms with Crippen molar-refractivity contribution in [3.63, 3.8) is 0 Å². The molecule has 0 unspecified atom stereocenters. The van der Waals surface area contributed by atoms with Gasteiger partial charge in [-0.1, -0.05) is 12.1 Å². The molecule has 1 fully saturated rings. The lowest BCUT2D eigenvalue weighted by atomic mass is 10.2. The number of fused-ring (bicyclic) bond motifs is 1. The van der Waals surface area contributed by atoms with Crippen LogP contribution in [-0.2, 0) is 14.6 Å². The van der Waals surface area contributed by atoms with Crippen molar-refractivity contribution in [2.75, 3.05) is 37.0 Å². The van der Waals surface area contributed by atoms with E-state index in [0.29, 0.717) is 30.3 Å². The van der Waals surface area contributed by atoms with Gasteiger partial charge in [0.2, 0.25) is 9.84 Å². The Kier molecular flexibility index (Phi) is 4.87. The number of nitrogen functional groups attached to an aromatic ring is 1. The summed E-state index contributed by atoms with van der Waals surface area (Å²) in [5.74, 6) is -0.346. The van der Waals surface area contributed by atoms with Crippen molar-refractivity contribution in [1.29, 1.82) is 0 Å². The van der Waals surface area contributed by atoms with E-state index in [0.717, 1.165) is 6.07 Å². The molecule has 1 aromatic carbocycles. The van der Waals surface area contributed by atoms with Crippen LogP contribution in [0.2, 0.25) is 0 Å². The van der Waals surface area contributed by atoms with E-state index in [1.165, 1.54) is 18.2 Å². The van der Waals surface area contributed by atoms with Gasteiger partial charge < -0.3 is 20.4 Å². The molecule has 11 heteroatoms. The van der Waals surface area contributed by atoms with E-state index in [1.54, 1.807) is 11.8 Å². The van der Waals surface area contributed by atoms with Crippen molar-refractivity contribution >= 4 is 32.5 Å². The molecule has 0 aliphatic carbocycles. The quantitative estimate of drug-likeness (QED) is 0.660. The molecule has 3 heterocycles. The molecule has 1 atom stereocenters. The first kappa shape index (κ1) is 19.5. The Hall–Kier alpha value is -2.79. The molecule has 3 N–H and O–H groups in total. The number of rotatable bonds is 4. The Labute approximate surface area is 165 Å². The summed E-state index contributed by atoms with van der Waals surface area (Å²) in [5.41, 5.74) is 6.36. The zero-order valence-electron chi connectivity index (χ0n) is 15.5. The van der Waals surface area contributed by atoms with Crippen molar-refractivity contribution < 1.29 is 21.9 Å². The lowest BCUT2D eigenvalue weighted by Gasteiger charge is -2.32. The number of aromatic amines is 1. The zero-order valence-corrected chi connectivity index (χ0v) is 16.3. The number of nitrogens with one attached hydrogen (secondary N) is 1. The molecule has 3 aromatic rings. The van der Waals surface area contributed by atoms with E-state index in [-0.39, 0.29) is 22.8 Å². The van der Waals surface area contributed by atoms with E-state index >= 15 is 0 Å². The third-order valence-electron chi connectivity index (χ3n) is 4.73. The van der Waals surface area contributed by atoms with Crippen LogP contribution in [0.4, 0.5) is 20.4 Å². The molecule has 1 saturated heterocycles. The summed E-state index contributed by atoms with van der Waals surface area (Å²) < 4.78 is 59.0. The molecule has 8 nitrogen and oxygen atoms in total. The SMILES string of the molecule is Cc1nc(N2CCO[C@@H](CF)C2)c2[nH]c(N)c(S(=O)(=O)c3ccccc3F)c2n1. The maximum Gasteiger partial charge on any atom is 0.215 e. The molecular weight excluding hydrogens is 404 g/mol. The number of halogens is 2. The van der Waals surface area contributed by atoms with Crippen LogP contribution in [-0.4, -0.2) is 55.8 Å². The van der Waals surface area contributed by atoms with Crippen LogP contribution in [0.5, 0.6) is 0 Å². The fourth-order valence-electron chi connectivity index (χ4n) is 3.43. The van der Waals surface area contributed by atoms with Crippen molar-refractivity contribution in [3.8, 4) is 0 Å². The number of H-pyrrole nitrogens is 1. The van der Waals surface area contributed by atoms with Gasteiger partial charge in [-0.05, 0) is 19.1 Å². The van der Waals surface area contributed by atoms with Crippen molar-refractivity contribution in [2.24, 2.45) is 0 Å². The summed E-state index contributed by atoms with van der Waals surface area (Å²) in [4.78, 5) is 12.5. The summed E-state index contributed by atoms with van der Waals surface area (Å²) in [6.07, 6.45) is -0.608. The van der Waals surface area contributed by atoms with Crippen LogP contribution in [0.1, 0.15) is 5.82 Å². The van der Waals surface area contributed by atoms with Crippen LogP contribution in [0.3, 0.4) is 0 Å². The van der Waals surface area contributed by atoms with E-state index in [4.69, 9.17) is 10.5 Å². The van der Waals surface area contributed by atoms with Gasteiger partial charge >= 0.3 is 0 Å². The van der Waals surface area contributed by atoms with Crippen molar-refractivity contribution in [3.05, 3.63) is 35.9 Å². The Morgan fingerprint density at radius 1 is 1.34 bits per heavy atom. The summed E-state index contributed by atoms with van der Waals surface area (Å²) in [6, 6.07) is 5.06. The van der Waals surface area contributed by atoms with Gasteiger partial charge in [-0.3, -0.25) is 0 Å². The first-order valence-electron chi connectivity index (χ1n) is 8.91. The number of anilines is 2. The average molecular weight is 423 g/mol. The summed E-state index contributed by atoms with van der Waals surface area (Å²) in [7, 11) is -4.29. The van der Waals surface area contributed by atoms with Gasteiger partial charge in [-0.2, -0.15) is 0 Å². The highest BCUT2D eigenvalue weighted by molar-refractivity contribution is 7.92. The number of sulfone groups is 1. The van der Waals surface area contributed by atoms with Gasteiger partial charge in [0.25, 0.3) is 0 Å². The van der Waals surface area contributed by atoms with Gasteiger partial charge in [0.05, 0.1) is 6.61 Å². The fraction of sp³-hybridized carbons (Fsp3) is 0.333. The molecule has 2 aromatic heterocycles. The Bertz CT molecular complexity index is 1180. The summed E-state index contributed by atoms with van der Waals surface area (Å²) in [5, 5.41) is 0. The second-order valence-corrected chi connectivity index (χ2v) is 8.57. The normalized spacial score (nSPS) is 17.8. The van der Waals surface area contributed by atoms with Gasteiger partial charge in [0.1, 0.15) is 51.1 Å². The highest BCUT2D eigenvalue weighted by atomic mass is 32.2. The van der Waals surface area contributed by atoms with Gasteiger partial charge in [0, 0.05) is 13.1 Å². The number of benzene rings is 1. The Balaban J connectivity index is 1.91. The number of hydrogen-bond donors (Lipinski definition) is 2. The lowest BCUT2D eigenvalue weighted by molar-refractivity contribution is 0.0245. The number of aromatic nitrogens is 3. The second-order valence-electron chi connectivity index (χ2n) is 6.71. The minimum atomic E-state index is -4.29. The summed E-state index contributed by atoms with van der Waals surface area (Å²) in [6.45, 7) is 1.95. The first-order chi connectivity index (χ1) is 13.8. The maximum atomic E-state index is 14.2. The third-order valence-corrected chi connectivity index (χ3v) is 6.59. The Morgan fingerprint density at radius 3 is 2.83 bits per heavy atom. The molecule has 0 saturated carbocycles. The standard InChI is InChI=1S/C18H19F2N5O3S/c1-10-22-14-15(18(23-10)25-6-7-28-11(8-19)9-25)24-17(21)16(14)29(26,27)13-5-3-2-4-12(13)20/h2-5,11,24H,6-9,21H2,1H3/t11-/m0/s1.